The van der Waals surface area contributed by atoms with Crippen LogP contribution >= 0.6 is 0 Å². The second-order valence-corrected chi connectivity index (χ2v) is 7.67. The predicted octanol–water partition coefficient (Wildman–Crippen LogP) is 3.30. The molecule has 2 aromatic rings. The van der Waals surface area contributed by atoms with Crippen LogP contribution in [-0.4, -0.2) is 51.4 Å². The summed E-state index contributed by atoms with van der Waals surface area (Å²) in [7, 11) is 0. The molecule has 0 bridgehead atoms. The molecular formula is C19H26N4O4. The highest BCUT2D eigenvalue weighted by Crippen LogP contribution is 2.20. The number of pyridine rings is 1. The molecule has 2 aromatic heterocycles. The van der Waals surface area contributed by atoms with Gasteiger partial charge in [-0.05, 0) is 51.7 Å². The number of nitrogens with zero attached hydrogens (tertiary/aromatic N) is 4. The Morgan fingerprint density at radius 2 is 1.96 bits per heavy atom. The average molecular weight is 374 g/mol. The fraction of sp³-hybridized carbons (Fsp3) is 0.579. The maximum atomic E-state index is 12.1. The number of piperidine rings is 1. The number of aromatic nitrogens is 3. The molecule has 0 aromatic carbocycles. The van der Waals surface area contributed by atoms with E-state index in [-0.39, 0.29) is 12.7 Å². The summed E-state index contributed by atoms with van der Waals surface area (Å²) in [5, 5.41) is 3.96. The molecule has 1 saturated heterocycles. The zero-order valence-corrected chi connectivity index (χ0v) is 16.1. The summed E-state index contributed by atoms with van der Waals surface area (Å²) in [6, 6.07) is 3.65. The first-order valence-corrected chi connectivity index (χ1v) is 9.19. The van der Waals surface area contributed by atoms with Gasteiger partial charge in [-0.1, -0.05) is 5.16 Å². The number of amides is 1. The molecule has 0 aliphatic carbocycles. The third-order valence-corrected chi connectivity index (χ3v) is 4.25. The molecule has 0 radical (unpaired) electrons. The molecule has 1 aliphatic heterocycles. The molecule has 3 heterocycles. The molecule has 0 unspecified atom stereocenters. The first-order chi connectivity index (χ1) is 12.9. The van der Waals surface area contributed by atoms with E-state index in [1.165, 1.54) is 0 Å². The first kappa shape index (κ1) is 19.3. The highest BCUT2D eigenvalue weighted by Gasteiger charge is 2.27. The standard InChI is InChI=1S/C19H26N4O4/c1-19(2,3)26-18(24)23-10-6-14(7-11-23)12-25-13-16-21-17(22-27-16)15-4-8-20-9-5-15/h4-5,8-9,14H,6-7,10-13H2,1-3H3. The van der Waals surface area contributed by atoms with E-state index in [1.807, 2.05) is 32.9 Å². The van der Waals surface area contributed by atoms with Gasteiger partial charge in [-0.2, -0.15) is 4.98 Å². The topological polar surface area (TPSA) is 90.6 Å². The summed E-state index contributed by atoms with van der Waals surface area (Å²) in [6.45, 7) is 7.90. The van der Waals surface area contributed by atoms with Crippen LogP contribution in [0.2, 0.25) is 0 Å². The van der Waals surface area contributed by atoms with Crippen molar-refractivity contribution in [2.24, 2.45) is 5.92 Å². The lowest BCUT2D eigenvalue weighted by Gasteiger charge is -2.33. The Hall–Kier alpha value is -2.48. The molecule has 0 N–H and O–H groups in total. The third-order valence-electron chi connectivity index (χ3n) is 4.25. The Morgan fingerprint density at radius 1 is 1.26 bits per heavy atom. The van der Waals surface area contributed by atoms with E-state index in [0.29, 0.717) is 37.3 Å². The smallest absolute Gasteiger partial charge is 0.410 e. The number of rotatable bonds is 5. The van der Waals surface area contributed by atoms with Gasteiger partial charge in [0.2, 0.25) is 5.82 Å². The van der Waals surface area contributed by atoms with Gasteiger partial charge in [-0.15, -0.1) is 0 Å². The van der Waals surface area contributed by atoms with Crippen LogP contribution in [0.4, 0.5) is 4.79 Å². The van der Waals surface area contributed by atoms with E-state index in [4.69, 9.17) is 14.0 Å². The van der Waals surface area contributed by atoms with Crippen LogP contribution in [0.15, 0.2) is 29.0 Å². The third kappa shape index (κ3) is 5.75. The normalized spacial score (nSPS) is 15.7. The van der Waals surface area contributed by atoms with Gasteiger partial charge in [0.25, 0.3) is 5.89 Å². The lowest BCUT2D eigenvalue weighted by atomic mass is 9.98. The summed E-state index contributed by atoms with van der Waals surface area (Å²) in [5.41, 5.74) is 0.394. The van der Waals surface area contributed by atoms with Crippen molar-refractivity contribution >= 4 is 6.09 Å². The lowest BCUT2D eigenvalue weighted by Crippen LogP contribution is -2.42. The molecule has 1 aliphatic rings. The predicted molar refractivity (Wildman–Crippen MR) is 97.7 cm³/mol. The summed E-state index contributed by atoms with van der Waals surface area (Å²) < 4.78 is 16.4. The SMILES string of the molecule is CC(C)(C)OC(=O)N1CCC(COCc2nc(-c3ccncc3)no2)CC1. The average Bonchev–Trinajstić information content (AvgIpc) is 3.10. The van der Waals surface area contributed by atoms with Crippen molar-refractivity contribution in [2.45, 2.75) is 45.8 Å². The Kier molecular flexibility index (Phi) is 6.05. The number of ether oxygens (including phenoxy) is 2. The van der Waals surface area contributed by atoms with Crippen molar-refractivity contribution in [3.63, 3.8) is 0 Å². The largest absolute Gasteiger partial charge is 0.444 e. The minimum absolute atomic E-state index is 0.239. The Bertz CT molecular complexity index is 734. The van der Waals surface area contributed by atoms with Gasteiger partial charge in [0.15, 0.2) is 0 Å². The second kappa shape index (κ2) is 8.47. The van der Waals surface area contributed by atoms with Crippen LogP contribution in [0.3, 0.4) is 0 Å². The maximum Gasteiger partial charge on any atom is 0.410 e. The van der Waals surface area contributed by atoms with Crippen LogP contribution in [0, 0.1) is 5.92 Å². The highest BCUT2D eigenvalue weighted by atomic mass is 16.6. The van der Waals surface area contributed by atoms with Gasteiger partial charge in [0.05, 0.1) is 6.61 Å². The van der Waals surface area contributed by atoms with E-state index < -0.39 is 5.60 Å². The van der Waals surface area contributed by atoms with Gasteiger partial charge in [0, 0.05) is 31.0 Å². The molecular weight excluding hydrogens is 348 g/mol. The van der Waals surface area contributed by atoms with Gasteiger partial charge in [-0.25, -0.2) is 4.79 Å². The van der Waals surface area contributed by atoms with Crippen molar-refractivity contribution in [1.29, 1.82) is 0 Å². The molecule has 1 fully saturated rings. The molecule has 146 valence electrons. The van der Waals surface area contributed by atoms with E-state index in [1.54, 1.807) is 17.3 Å². The number of hydrogen-bond donors (Lipinski definition) is 0. The Labute approximate surface area is 158 Å². The minimum atomic E-state index is -0.462. The van der Waals surface area contributed by atoms with E-state index in [9.17, 15) is 4.79 Å². The fourth-order valence-electron chi connectivity index (χ4n) is 2.85. The molecule has 0 atom stereocenters. The number of likely N-dealkylation sites (tertiary alicyclic amines) is 1. The quantitative estimate of drug-likeness (QED) is 0.793. The van der Waals surface area contributed by atoms with Crippen LogP contribution < -0.4 is 0 Å². The number of carbonyl (C=O) groups is 1. The molecule has 27 heavy (non-hydrogen) atoms. The lowest BCUT2D eigenvalue weighted by molar-refractivity contribution is 0.00875. The van der Waals surface area contributed by atoms with Crippen molar-refractivity contribution in [3.8, 4) is 11.4 Å². The molecule has 0 spiro atoms. The monoisotopic (exact) mass is 374 g/mol. The van der Waals surface area contributed by atoms with Crippen LogP contribution in [-0.2, 0) is 16.1 Å². The number of carbonyl (C=O) groups excluding carboxylic acids is 1. The zero-order chi connectivity index (χ0) is 19.3. The molecule has 8 heteroatoms. The van der Waals surface area contributed by atoms with Crippen LogP contribution in [0.5, 0.6) is 0 Å². The summed E-state index contributed by atoms with van der Waals surface area (Å²) >= 11 is 0. The van der Waals surface area contributed by atoms with Crippen molar-refractivity contribution < 1.29 is 18.8 Å². The van der Waals surface area contributed by atoms with Crippen molar-refractivity contribution in [2.75, 3.05) is 19.7 Å². The van der Waals surface area contributed by atoms with Gasteiger partial charge < -0.3 is 18.9 Å². The van der Waals surface area contributed by atoms with E-state index in [2.05, 4.69) is 15.1 Å². The van der Waals surface area contributed by atoms with Gasteiger partial charge in [-0.3, -0.25) is 4.98 Å². The van der Waals surface area contributed by atoms with E-state index >= 15 is 0 Å². The molecule has 8 nitrogen and oxygen atoms in total. The summed E-state index contributed by atoms with van der Waals surface area (Å²) in [6.07, 6.45) is 4.92. The molecule has 3 rings (SSSR count). The maximum absolute atomic E-state index is 12.1. The van der Waals surface area contributed by atoms with E-state index in [0.717, 1.165) is 18.4 Å². The number of hydrogen-bond acceptors (Lipinski definition) is 7. The van der Waals surface area contributed by atoms with Crippen molar-refractivity contribution in [1.82, 2.24) is 20.0 Å². The van der Waals surface area contributed by atoms with Gasteiger partial charge in [0.1, 0.15) is 12.2 Å². The Balaban J connectivity index is 1.39. The Morgan fingerprint density at radius 3 is 2.63 bits per heavy atom. The summed E-state index contributed by atoms with van der Waals surface area (Å²) in [5.74, 6) is 1.39. The highest BCUT2D eigenvalue weighted by molar-refractivity contribution is 5.68. The molecule has 0 saturated carbocycles. The zero-order valence-electron chi connectivity index (χ0n) is 16.1. The van der Waals surface area contributed by atoms with Crippen LogP contribution in [0.1, 0.15) is 39.5 Å². The fourth-order valence-corrected chi connectivity index (χ4v) is 2.85. The van der Waals surface area contributed by atoms with Gasteiger partial charge >= 0.3 is 6.09 Å². The van der Waals surface area contributed by atoms with Crippen LogP contribution in [0.25, 0.3) is 11.4 Å². The minimum Gasteiger partial charge on any atom is -0.444 e. The summed E-state index contributed by atoms with van der Waals surface area (Å²) in [4.78, 5) is 22.1. The second-order valence-electron chi connectivity index (χ2n) is 7.67. The first-order valence-electron chi connectivity index (χ1n) is 9.19. The van der Waals surface area contributed by atoms with Crippen molar-refractivity contribution in [3.05, 3.63) is 30.4 Å². The molecule has 1 amide bonds.